The highest BCUT2D eigenvalue weighted by Gasteiger charge is 2.37. The molecule has 8 heteroatoms. The third kappa shape index (κ3) is 4.14. The maximum absolute atomic E-state index is 13.3. The van der Waals surface area contributed by atoms with Crippen molar-refractivity contribution < 1.29 is 23.9 Å². The number of amides is 1. The van der Waals surface area contributed by atoms with Crippen LogP contribution >= 0.6 is 11.3 Å². The number of methoxy groups -OCH3 is 2. The summed E-state index contributed by atoms with van der Waals surface area (Å²) in [4.78, 5) is 15.6. The summed E-state index contributed by atoms with van der Waals surface area (Å²) in [6.45, 7) is 3.48. The van der Waals surface area contributed by atoms with Gasteiger partial charge in [-0.15, -0.1) is 11.3 Å². The number of morpholine rings is 1. The lowest BCUT2D eigenvalue weighted by Gasteiger charge is -2.27. The lowest BCUT2D eigenvalue weighted by atomic mass is 9.99. The van der Waals surface area contributed by atoms with Gasteiger partial charge in [0.1, 0.15) is 13.1 Å². The zero-order valence-corrected chi connectivity index (χ0v) is 17.5. The minimum atomic E-state index is -0.218. The molecule has 0 radical (unpaired) electrons. The van der Waals surface area contributed by atoms with Gasteiger partial charge < -0.3 is 19.1 Å². The number of nitrogens with zero attached hydrogens (tertiary/aromatic N) is 2. The zero-order chi connectivity index (χ0) is 20.2. The molecule has 0 bridgehead atoms. The molecule has 1 aromatic carbocycles. The Morgan fingerprint density at radius 2 is 2.07 bits per heavy atom. The Kier molecular flexibility index (Phi) is 6.13. The van der Waals surface area contributed by atoms with Crippen molar-refractivity contribution in [2.45, 2.75) is 12.5 Å². The van der Waals surface area contributed by atoms with Gasteiger partial charge in [-0.05, 0) is 17.5 Å². The van der Waals surface area contributed by atoms with Gasteiger partial charge in [0.2, 0.25) is 0 Å². The van der Waals surface area contributed by atoms with Gasteiger partial charge in [-0.2, -0.15) is 5.10 Å². The molecular formula is C21H26N3O4S+. The maximum Gasteiger partial charge on any atom is 0.298 e. The fourth-order valence-corrected chi connectivity index (χ4v) is 4.60. The van der Waals surface area contributed by atoms with Crippen LogP contribution in [0.5, 0.6) is 11.5 Å². The number of quaternary nitrogens is 1. The van der Waals surface area contributed by atoms with Gasteiger partial charge in [-0.25, -0.2) is 5.01 Å². The predicted molar refractivity (Wildman–Crippen MR) is 111 cm³/mol. The number of hydrogen-bond acceptors (Lipinski definition) is 6. The van der Waals surface area contributed by atoms with Crippen molar-refractivity contribution in [2.75, 3.05) is 47.1 Å². The molecule has 0 saturated carbocycles. The number of ether oxygens (including phenoxy) is 3. The third-order valence-corrected chi connectivity index (χ3v) is 6.28. The number of nitrogens with one attached hydrogen (secondary N) is 1. The van der Waals surface area contributed by atoms with Crippen LogP contribution in [0.15, 0.2) is 40.8 Å². The van der Waals surface area contributed by atoms with Crippen molar-refractivity contribution in [1.82, 2.24) is 5.01 Å². The molecule has 2 aliphatic rings. The van der Waals surface area contributed by atoms with Crippen LogP contribution in [0, 0.1) is 0 Å². The molecule has 2 aliphatic heterocycles. The van der Waals surface area contributed by atoms with Gasteiger partial charge >= 0.3 is 0 Å². The second-order valence-electron chi connectivity index (χ2n) is 7.10. The summed E-state index contributed by atoms with van der Waals surface area (Å²) >= 11 is 1.64. The minimum Gasteiger partial charge on any atom is -0.493 e. The lowest BCUT2D eigenvalue weighted by Crippen LogP contribution is -3.15. The van der Waals surface area contributed by atoms with Crippen LogP contribution in [0.4, 0.5) is 0 Å². The monoisotopic (exact) mass is 416 g/mol. The molecule has 1 amide bonds. The standard InChI is InChI=1S/C21H25N3O4S/c1-26-18-6-3-5-15(21(18)27-2)17-13-16(19-7-4-12-29-19)22-24(17)20(25)14-23-8-10-28-11-9-23/h3-7,12,17H,8-11,13-14H2,1-2H3/p+1/t17-/m1/s1. The highest BCUT2D eigenvalue weighted by Crippen LogP contribution is 2.41. The van der Waals surface area contributed by atoms with E-state index in [1.165, 1.54) is 4.90 Å². The quantitative estimate of drug-likeness (QED) is 0.772. The summed E-state index contributed by atoms with van der Waals surface area (Å²) in [6, 6.07) is 9.61. The molecule has 0 unspecified atom stereocenters. The molecule has 154 valence electrons. The highest BCUT2D eigenvalue weighted by atomic mass is 32.1. The van der Waals surface area contributed by atoms with E-state index in [4.69, 9.17) is 19.3 Å². The van der Waals surface area contributed by atoms with Gasteiger partial charge in [0.05, 0.1) is 44.1 Å². The molecule has 7 nitrogen and oxygen atoms in total. The Balaban J connectivity index is 1.65. The van der Waals surface area contributed by atoms with E-state index >= 15 is 0 Å². The number of para-hydroxylation sites is 1. The number of hydrogen-bond donors (Lipinski definition) is 1. The van der Waals surface area contributed by atoms with E-state index in [-0.39, 0.29) is 11.9 Å². The van der Waals surface area contributed by atoms with Crippen molar-refractivity contribution in [3.8, 4) is 11.5 Å². The molecule has 0 spiro atoms. The average molecular weight is 417 g/mol. The fraction of sp³-hybridized carbons (Fsp3) is 0.429. The Morgan fingerprint density at radius 1 is 1.24 bits per heavy atom. The lowest BCUT2D eigenvalue weighted by molar-refractivity contribution is -0.900. The number of thiophene rings is 1. The first-order valence-corrected chi connectivity index (χ1v) is 10.6. The van der Waals surface area contributed by atoms with E-state index in [2.05, 4.69) is 0 Å². The number of hydrazone groups is 1. The normalized spacial score (nSPS) is 19.9. The maximum atomic E-state index is 13.3. The van der Waals surface area contributed by atoms with Crippen LogP contribution in [0.1, 0.15) is 22.9 Å². The molecule has 4 rings (SSSR count). The molecule has 3 heterocycles. The van der Waals surface area contributed by atoms with Crippen molar-refractivity contribution in [3.05, 3.63) is 46.2 Å². The smallest absolute Gasteiger partial charge is 0.298 e. The molecule has 1 fully saturated rings. The summed E-state index contributed by atoms with van der Waals surface area (Å²) in [5, 5.41) is 8.43. The number of benzene rings is 1. The Labute approximate surface area is 174 Å². The fourth-order valence-electron chi connectivity index (χ4n) is 3.88. The van der Waals surface area contributed by atoms with E-state index in [1.54, 1.807) is 30.6 Å². The summed E-state index contributed by atoms with van der Waals surface area (Å²) in [5.74, 6) is 1.32. The van der Waals surface area contributed by atoms with Gasteiger partial charge in [-0.1, -0.05) is 18.2 Å². The molecule has 0 aliphatic carbocycles. The van der Waals surface area contributed by atoms with Crippen LogP contribution in [0.3, 0.4) is 0 Å². The van der Waals surface area contributed by atoms with Crippen LogP contribution in [0.2, 0.25) is 0 Å². The summed E-state index contributed by atoms with van der Waals surface area (Å²) in [5.41, 5.74) is 1.84. The Morgan fingerprint density at radius 3 is 2.76 bits per heavy atom. The second-order valence-corrected chi connectivity index (χ2v) is 8.05. The van der Waals surface area contributed by atoms with Gasteiger partial charge in [-0.3, -0.25) is 4.79 Å². The molecule has 2 aromatic rings. The summed E-state index contributed by atoms with van der Waals surface area (Å²) in [7, 11) is 3.25. The second kappa shape index (κ2) is 8.94. The third-order valence-electron chi connectivity index (χ3n) is 5.37. The summed E-state index contributed by atoms with van der Waals surface area (Å²) in [6.07, 6.45) is 0.647. The zero-order valence-electron chi connectivity index (χ0n) is 16.7. The van der Waals surface area contributed by atoms with E-state index in [0.29, 0.717) is 37.7 Å². The van der Waals surface area contributed by atoms with Crippen LogP contribution in [-0.4, -0.2) is 63.7 Å². The molecule has 1 N–H and O–H groups in total. The van der Waals surface area contributed by atoms with Crippen LogP contribution < -0.4 is 14.4 Å². The molecule has 1 aromatic heterocycles. The SMILES string of the molecule is COc1cccc([C@H]2CC(c3cccs3)=NN2C(=O)C[NH+]2CCOCC2)c1OC. The van der Waals surface area contributed by atoms with Gasteiger partial charge in [0.15, 0.2) is 18.0 Å². The largest absolute Gasteiger partial charge is 0.493 e. The molecule has 1 saturated heterocycles. The average Bonchev–Trinajstić information content (AvgIpc) is 3.43. The van der Waals surface area contributed by atoms with Crippen molar-refractivity contribution in [2.24, 2.45) is 5.10 Å². The first kappa shape index (κ1) is 19.9. The molecular weight excluding hydrogens is 390 g/mol. The Hall–Kier alpha value is -2.42. The van der Waals surface area contributed by atoms with E-state index < -0.39 is 0 Å². The number of carbonyl (C=O) groups is 1. The van der Waals surface area contributed by atoms with Gasteiger partial charge in [0, 0.05) is 12.0 Å². The van der Waals surface area contributed by atoms with Crippen molar-refractivity contribution in [1.29, 1.82) is 0 Å². The van der Waals surface area contributed by atoms with Crippen molar-refractivity contribution >= 4 is 23.0 Å². The van der Waals surface area contributed by atoms with Crippen LogP contribution in [0.25, 0.3) is 0 Å². The predicted octanol–water partition coefficient (Wildman–Crippen LogP) is 1.36. The van der Waals surface area contributed by atoms with Crippen molar-refractivity contribution in [3.63, 3.8) is 0 Å². The van der Waals surface area contributed by atoms with Gasteiger partial charge in [0.25, 0.3) is 5.91 Å². The highest BCUT2D eigenvalue weighted by molar-refractivity contribution is 7.12. The minimum absolute atomic E-state index is 0.0170. The Bertz CT molecular complexity index is 878. The molecule has 1 atom stereocenters. The first-order chi connectivity index (χ1) is 14.2. The number of rotatable bonds is 6. The topological polar surface area (TPSA) is 64.8 Å². The first-order valence-electron chi connectivity index (χ1n) is 9.77. The number of carbonyl (C=O) groups excluding carboxylic acids is 1. The van der Waals surface area contributed by atoms with E-state index in [1.807, 2.05) is 35.7 Å². The summed E-state index contributed by atoms with van der Waals surface area (Å²) < 4.78 is 16.5. The van der Waals surface area contributed by atoms with E-state index in [0.717, 1.165) is 29.2 Å². The van der Waals surface area contributed by atoms with E-state index in [9.17, 15) is 4.79 Å². The molecule has 29 heavy (non-hydrogen) atoms. The van der Waals surface area contributed by atoms with Crippen LogP contribution in [-0.2, 0) is 9.53 Å².